The highest BCUT2D eigenvalue weighted by Crippen LogP contribution is 2.16. The van der Waals surface area contributed by atoms with Gasteiger partial charge in [0.1, 0.15) is 0 Å². The van der Waals surface area contributed by atoms with Crippen molar-refractivity contribution < 1.29 is 13.5 Å². The molecule has 2 rings (SSSR count). The van der Waals surface area contributed by atoms with E-state index in [4.69, 9.17) is 0 Å². The molecule has 2 aromatic rings. The summed E-state index contributed by atoms with van der Waals surface area (Å²) < 4.78 is 26.9. The molecule has 0 aliphatic carbocycles. The van der Waals surface area contributed by atoms with Gasteiger partial charge in [-0.3, -0.25) is 4.72 Å². The number of para-hydroxylation sites is 1. The maximum Gasteiger partial charge on any atom is 0.236 e. The fraction of sp³-hybridized carbons (Fsp3) is 0.333. The van der Waals surface area contributed by atoms with Crippen molar-refractivity contribution in [3.63, 3.8) is 0 Å². The lowest BCUT2D eigenvalue weighted by molar-refractivity contribution is 0.171. The highest BCUT2D eigenvalue weighted by Gasteiger charge is 2.13. The van der Waals surface area contributed by atoms with Crippen molar-refractivity contribution in [2.45, 2.75) is 31.7 Å². The van der Waals surface area contributed by atoms with Gasteiger partial charge in [-0.1, -0.05) is 56.3 Å². The lowest BCUT2D eigenvalue weighted by Crippen LogP contribution is -2.27. The molecule has 6 heteroatoms. The van der Waals surface area contributed by atoms with Gasteiger partial charge in [-0.05, 0) is 23.3 Å². The second kappa shape index (κ2) is 8.28. The molecule has 0 saturated carbocycles. The van der Waals surface area contributed by atoms with Crippen LogP contribution >= 0.6 is 0 Å². The van der Waals surface area contributed by atoms with Crippen LogP contribution in [-0.4, -0.2) is 26.1 Å². The highest BCUT2D eigenvalue weighted by molar-refractivity contribution is 7.91. The molecule has 0 aliphatic heterocycles. The summed E-state index contributed by atoms with van der Waals surface area (Å²) in [6.45, 7) is 4.49. The van der Waals surface area contributed by atoms with Gasteiger partial charge in [-0.2, -0.15) is 0 Å². The van der Waals surface area contributed by atoms with Crippen molar-refractivity contribution in [3.05, 3.63) is 65.7 Å². The minimum absolute atomic E-state index is 0.109. The van der Waals surface area contributed by atoms with Crippen molar-refractivity contribution >= 4 is 15.7 Å². The molecule has 0 bridgehead atoms. The molecule has 0 saturated heterocycles. The number of sulfonamides is 1. The van der Waals surface area contributed by atoms with E-state index < -0.39 is 16.1 Å². The van der Waals surface area contributed by atoms with Crippen LogP contribution in [0.1, 0.15) is 31.1 Å². The molecule has 0 aromatic heterocycles. The Morgan fingerprint density at radius 2 is 1.62 bits per heavy atom. The van der Waals surface area contributed by atoms with E-state index in [1.807, 2.05) is 19.9 Å². The predicted octanol–water partition coefficient (Wildman–Crippen LogP) is 2.66. The molecule has 0 fully saturated rings. The molecule has 0 radical (unpaired) electrons. The first-order valence-corrected chi connectivity index (χ1v) is 9.57. The van der Waals surface area contributed by atoms with Gasteiger partial charge in [0, 0.05) is 18.3 Å². The average Bonchev–Trinajstić information content (AvgIpc) is 2.53. The van der Waals surface area contributed by atoms with Crippen molar-refractivity contribution in [2.24, 2.45) is 0 Å². The van der Waals surface area contributed by atoms with E-state index in [2.05, 4.69) is 10.0 Å². The van der Waals surface area contributed by atoms with Gasteiger partial charge in [0.25, 0.3) is 0 Å². The van der Waals surface area contributed by atoms with Crippen molar-refractivity contribution in [2.75, 3.05) is 11.3 Å². The van der Waals surface area contributed by atoms with Crippen LogP contribution in [-0.2, 0) is 15.8 Å². The SMILES string of the molecule is CC(C)NCC(O)c1ccc(CS(=O)(=O)Nc2ccccc2)cc1. The van der Waals surface area contributed by atoms with E-state index in [1.54, 1.807) is 48.5 Å². The maximum atomic E-state index is 12.2. The molecule has 130 valence electrons. The van der Waals surface area contributed by atoms with E-state index in [0.717, 1.165) is 5.56 Å². The Morgan fingerprint density at radius 3 is 2.21 bits per heavy atom. The van der Waals surface area contributed by atoms with Crippen molar-refractivity contribution in [3.8, 4) is 0 Å². The van der Waals surface area contributed by atoms with E-state index in [0.29, 0.717) is 23.8 Å². The molecule has 1 unspecified atom stereocenters. The molecule has 2 aromatic carbocycles. The first-order valence-electron chi connectivity index (χ1n) is 7.91. The van der Waals surface area contributed by atoms with Gasteiger partial charge in [0.2, 0.25) is 10.0 Å². The Balaban J connectivity index is 1.98. The summed E-state index contributed by atoms with van der Waals surface area (Å²) in [4.78, 5) is 0. The van der Waals surface area contributed by atoms with Crippen LogP contribution in [0.25, 0.3) is 0 Å². The third kappa shape index (κ3) is 5.96. The van der Waals surface area contributed by atoms with Crippen LogP contribution in [0.2, 0.25) is 0 Å². The fourth-order valence-electron chi connectivity index (χ4n) is 2.24. The van der Waals surface area contributed by atoms with Crippen LogP contribution in [0.15, 0.2) is 54.6 Å². The topological polar surface area (TPSA) is 78.4 Å². The largest absolute Gasteiger partial charge is 0.387 e. The van der Waals surface area contributed by atoms with Gasteiger partial charge in [-0.15, -0.1) is 0 Å². The van der Waals surface area contributed by atoms with E-state index >= 15 is 0 Å². The maximum absolute atomic E-state index is 12.2. The first-order chi connectivity index (χ1) is 11.4. The Morgan fingerprint density at radius 1 is 1.00 bits per heavy atom. The zero-order chi connectivity index (χ0) is 17.6. The third-order valence-electron chi connectivity index (χ3n) is 3.49. The fourth-order valence-corrected chi connectivity index (χ4v) is 3.44. The van der Waals surface area contributed by atoms with Crippen LogP contribution in [0.3, 0.4) is 0 Å². The second-order valence-corrected chi connectivity index (χ2v) is 7.77. The molecule has 24 heavy (non-hydrogen) atoms. The zero-order valence-electron chi connectivity index (χ0n) is 13.9. The van der Waals surface area contributed by atoms with Gasteiger partial charge in [0.15, 0.2) is 0 Å². The standard InChI is InChI=1S/C18H24N2O3S/c1-14(2)19-12-18(21)16-10-8-15(9-11-16)13-24(22,23)20-17-6-4-3-5-7-17/h3-11,14,18-21H,12-13H2,1-2H3. The first kappa shape index (κ1) is 18.4. The Hall–Kier alpha value is -1.89. The molecule has 0 amide bonds. The van der Waals surface area contributed by atoms with Gasteiger partial charge in [0.05, 0.1) is 11.9 Å². The van der Waals surface area contributed by atoms with E-state index in [9.17, 15) is 13.5 Å². The molecule has 0 spiro atoms. The van der Waals surface area contributed by atoms with Crippen molar-refractivity contribution in [1.82, 2.24) is 5.32 Å². The third-order valence-corrected chi connectivity index (χ3v) is 4.75. The average molecular weight is 348 g/mol. The second-order valence-electron chi connectivity index (χ2n) is 6.05. The number of nitrogens with one attached hydrogen (secondary N) is 2. The normalized spacial score (nSPS) is 13.0. The Labute approximate surface area is 143 Å². The smallest absolute Gasteiger partial charge is 0.236 e. The molecule has 0 heterocycles. The summed E-state index contributed by atoms with van der Waals surface area (Å²) in [6.07, 6.45) is -0.611. The quantitative estimate of drug-likeness (QED) is 0.685. The summed E-state index contributed by atoms with van der Waals surface area (Å²) in [5.74, 6) is -0.109. The number of rotatable bonds is 8. The van der Waals surface area contributed by atoms with Gasteiger partial charge < -0.3 is 10.4 Å². The molecule has 0 aliphatic rings. The van der Waals surface area contributed by atoms with Crippen LogP contribution in [0.5, 0.6) is 0 Å². The van der Waals surface area contributed by atoms with Crippen LogP contribution < -0.4 is 10.0 Å². The zero-order valence-corrected chi connectivity index (χ0v) is 14.8. The van der Waals surface area contributed by atoms with Crippen LogP contribution in [0.4, 0.5) is 5.69 Å². The number of benzene rings is 2. The molecule has 5 nitrogen and oxygen atoms in total. The summed E-state index contributed by atoms with van der Waals surface area (Å²) in [7, 11) is -3.47. The molecule has 1 atom stereocenters. The number of anilines is 1. The highest BCUT2D eigenvalue weighted by atomic mass is 32.2. The summed E-state index contributed by atoms with van der Waals surface area (Å²) in [5.41, 5.74) is 1.98. The molecular formula is C18H24N2O3S. The van der Waals surface area contributed by atoms with Crippen LogP contribution in [0, 0.1) is 0 Å². The molecule has 3 N–H and O–H groups in total. The summed E-state index contributed by atoms with van der Waals surface area (Å²) >= 11 is 0. The van der Waals surface area contributed by atoms with E-state index in [-0.39, 0.29) is 5.75 Å². The van der Waals surface area contributed by atoms with E-state index in [1.165, 1.54) is 0 Å². The van der Waals surface area contributed by atoms with Crippen molar-refractivity contribution in [1.29, 1.82) is 0 Å². The predicted molar refractivity (Wildman–Crippen MR) is 97.2 cm³/mol. The summed E-state index contributed by atoms with van der Waals surface area (Å²) in [5, 5.41) is 13.3. The minimum Gasteiger partial charge on any atom is -0.387 e. The minimum atomic E-state index is -3.47. The monoisotopic (exact) mass is 348 g/mol. The number of aliphatic hydroxyl groups excluding tert-OH is 1. The van der Waals surface area contributed by atoms with Gasteiger partial charge in [-0.25, -0.2) is 8.42 Å². The number of hydrogen-bond donors (Lipinski definition) is 3. The van der Waals surface area contributed by atoms with Gasteiger partial charge >= 0.3 is 0 Å². The Bertz CT molecular complexity index is 729. The molecular weight excluding hydrogens is 324 g/mol. The summed E-state index contributed by atoms with van der Waals surface area (Å²) in [6, 6.07) is 16.1. The number of hydrogen-bond acceptors (Lipinski definition) is 4. The number of aliphatic hydroxyl groups is 1. The lowest BCUT2D eigenvalue weighted by atomic mass is 10.1. The lowest BCUT2D eigenvalue weighted by Gasteiger charge is -2.15. The Kier molecular flexibility index (Phi) is 6.36.